The Kier molecular flexibility index (Phi) is 7.91. The van der Waals surface area contributed by atoms with Crippen LogP contribution in [-0.2, 0) is 10.2 Å². The largest absolute Gasteiger partial charge is 0.494 e. The maximum absolute atomic E-state index is 10.8. The zero-order chi connectivity index (χ0) is 20.6. The number of hydrogen-bond acceptors (Lipinski definition) is 3. The van der Waals surface area contributed by atoms with Crippen molar-refractivity contribution < 1.29 is 19.4 Å². The minimum Gasteiger partial charge on any atom is -0.494 e. The highest BCUT2D eigenvalue weighted by Gasteiger charge is 2.14. The van der Waals surface area contributed by atoms with Crippen LogP contribution in [0, 0.1) is 0 Å². The molecule has 0 radical (unpaired) electrons. The number of carbonyl (C=O) groups is 1. The molecule has 0 bridgehead atoms. The highest BCUT2D eigenvalue weighted by atomic mass is 16.5. The van der Waals surface area contributed by atoms with Crippen LogP contribution in [0.1, 0.15) is 64.0 Å². The molecule has 28 heavy (non-hydrogen) atoms. The number of carboxylic acid groups (broad SMARTS) is 1. The zero-order valence-electron chi connectivity index (χ0n) is 17.4. The number of ether oxygens (including phenoxy) is 2. The highest BCUT2D eigenvalue weighted by molar-refractivity contribution is 5.67. The molecule has 0 aliphatic rings. The SMILES string of the molecule is CC(CC(=O)O)c1ccc(OCCCCOc2cccc(C(C)(C)C)c2)cc1. The molecular weight excluding hydrogens is 352 g/mol. The lowest BCUT2D eigenvalue weighted by molar-refractivity contribution is -0.137. The fourth-order valence-electron chi connectivity index (χ4n) is 2.91. The summed E-state index contributed by atoms with van der Waals surface area (Å²) in [6.45, 7) is 9.81. The Balaban J connectivity index is 1.67. The van der Waals surface area contributed by atoms with Crippen LogP contribution in [0.5, 0.6) is 11.5 Å². The quantitative estimate of drug-likeness (QED) is 0.526. The van der Waals surface area contributed by atoms with Crippen molar-refractivity contribution in [3.05, 3.63) is 59.7 Å². The van der Waals surface area contributed by atoms with E-state index in [1.165, 1.54) is 5.56 Å². The van der Waals surface area contributed by atoms with Crippen LogP contribution >= 0.6 is 0 Å². The van der Waals surface area contributed by atoms with Gasteiger partial charge >= 0.3 is 5.97 Å². The second-order valence-electron chi connectivity index (χ2n) is 8.25. The summed E-state index contributed by atoms with van der Waals surface area (Å²) in [5, 5.41) is 8.87. The molecule has 0 spiro atoms. The molecule has 1 N–H and O–H groups in total. The Morgan fingerprint density at radius 3 is 2.14 bits per heavy atom. The van der Waals surface area contributed by atoms with Gasteiger partial charge in [0.1, 0.15) is 11.5 Å². The lowest BCUT2D eigenvalue weighted by Crippen LogP contribution is -2.11. The normalized spacial score (nSPS) is 12.4. The first-order valence-electron chi connectivity index (χ1n) is 9.93. The maximum Gasteiger partial charge on any atom is 0.303 e. The van der Waals surface area contributed by atoms with E-state index in [0.717, 1.165) is 29.9 Å². The highest BCUT2D eigenvalue weighted by Crippen LogP contribution is 2.26. The summed E-state index contributed by atoms with van der Waals surface area (Å²) in [7, 11) is 0. The van der Waals surface area contributed by atoms with Gasteiger partial charge in [0.15, 0.2) is 0 Å². The molecular formula is C24H32O4. The van der Waals surface area contributed by atoms with Gasteiger partial charge in [-0.2, -0.15) is 0 Å². The molecule has 0 heterocycles. The second-order valence-corrected chi connectivity index (χ2v) is 8.25. The third kappa shape index (κ3) is 7.26. The van der Waals surface area contributed by atoms with Crippen LogP contribution in [0.15, 0.2) is 48.5 Å². The summed E-state index contributed by atoms with van der Waals surface area (Å²) in [5.74, 6) is 0.949. The summed E-state index contributed by atoms with van der Waals surface area (Å²) in [6.07, 6.45) is 1.97. The van der Waals surface area contributed by atoms with Gasteiger partial charge in [-0.05, 0) is 59.6 Å². The molecule has 152 valence electrons. The molecule has 0 amide bonds. The smallest absolute Gasteiger partial charge is 0.303 e. The van der Waals surface area contributed by atoms with E-state index in [1.807, 2.05) is 43.3 Å². The Hall–Kier alpha value is -2.49. The molecule has 1 unspecified atom stereocenters. The van der Waals surface area contributed by atoms with E-state index in [1.54, 1.807) is 0 Å². The minimum atomic E-state index is -0.778. The molecule has 2 rings (SSSR count). The van der Waals surface area contributed by atoms with Gasteiger partial charge in [-0.15, -0.1) is 0 Å². The van der Waals surface area contributed by atoms with E-state index in [0.29, 0.717) is 13.2 Å². The van der Waals surface area contributed by atoms with Gasteiger partial charge in [0.2, 0.25) is 0 Å². The standard InChI is InChI=1S/C24H32O4/c1-18(16-23(25)26)19-10-12-21(13-11-19)27-14-5-6-15-28-22-9-7-8-20(17-22)24(2,3)4/h7-13,17-18H,5-6,14-16H2,1-4H3,(H,25,26). The first kappa shape index (κ1) is 21.8. The molecule has 4 nitrogen and oxygen atoms in total. The molecule has 0 aromatic heterocycles. The predicted molar refractivity (Wildman–Crippen MR) is 112 cm³/mol. The van der Waals surface area contributed by atoms with Crippen molar-refractivity contribution in [1.82, 2.24) is 0 Å². The molecule has 0 fully saturated rings. The number of hydrogen-bond donors (Lipinski definition) is 1. The van der Waals surface area contributed by atoms with Crippen molar-refractivity contribution in [2.24, 2.45) is 0 Å². The number of unbranched alkanes of at least 4 members (excludes halogenated alkanes) is 1. The van der Waals surface area contributed by atoms with Crippen molar-refractivity contribution in [1.29, 1.82) is 0 Å². The molecule has 0 aliphatic heterocycles. The Morgan fingerprint density at radius 2 is 1.57 bits per heavy atom. The fraction of sp³-hybridized carbons (Fsp3) is 0.458. The summed E-state index contributed by atoms with van der Waals surface area (Å²) in [4.78, 5) is 10.8. The molecule has 2 aromatic rings. The predicted octanol–water partition coefficient (Wildman–Crippen LogP) is 5.80. The van der Waals surface area contributed by atoms with Gasteiger partial charge in [-0.3, -0.25) is 4.79 Å². The average Bonchev–Trinajstić information content (AvgIpc) is 2.64. The van der Waals surface area contributed by atoms with Gasteiger partial charge in [0, 0.05) is 0 Å². The van der Waals surface area contributed by atoms with Crippen LogP contribution < -0.4 is 9.47 Å². The first-order valence-corrected chi connectivity index (χ1v) is 9.93. The number of rotatable bonds is 10. The topological polar surface area (TPSA) is 55.8 Å². The Bertz CT molecular complexity index is 744. The molecule has 0 saturated carbocycles. The van der Waals surface area contributed by atoms with Crippen LogP contribution in [0.25, 0.3) is 0 Å². The van der Waals surface area contributed by atoms with Gasteiger partial charge in [0.05, 0.1) is 19.6 Å². The van der Waals surface area contributed by atoms with Crippen molar-refractivity contribution in [3.8, 4) is 11.5 Å². The molecule has 0 saturated heterocycles. The third-order valence-electron chi connectivity index (χ3n) is 4.71. The summed E-state index contributed by atoms with van der Waals surface area (Å²) in [6, 6.07) is 16.0. The van der Waals surface area contributed by atoms with Crippen LogP contribution in [-0.4, -0.2) is 24.3 Å². The van der Waals surface area contributed by atoms with Crippen LogP contribution in [0.4, 0.5) is 0 Å². The lowest BCUT2D eigenvalue weighted by atomic mass is 9.87. The van der Waals surface area contributed by atoms with Crippen LogP contribution in [0.2, 0.25) is 0 Å². The van der Waals surface area contributed by atoms with Gasteiger partial charge < -0.3 is 14.6 Å². The summed E-state index contributed by atoms with van der Waals surface area (Å²) in [5.41, 5.74) is 2.41. The van der Waals surface area contributed by atoms with Crippen molar-refractivity contribution in [3.63, 3.8) is 0 Å². The summed E-state index contributed by atoms with van der Waals surface area (Å²) >= 11 is 0. The number of carboxylic acids is 1. The monoisotopic (exact) mass is 384 g/mol. The first-order chi connectivity index (χ1) is 13.3. The Labute approximate surface area is 168 Å². The number of benzene rings is 2. The van der Waals surface area contributed by atoms with Crippen molar-refractivity contribution >= 4 is 5.97 Å². The average molecular weight is 385 g/mol. The van der Waals surface area contributed by atoms with E-state index in [9.17, 15) is 4.79 Å². The van der Waals surface area contributed by atoms with Crippen molar-refractivity contribution in [2.75, 3.05) is 13.2 Å². The van der Waals surface area contributed by atoms with E-state index in [4.69, 9.17) is 14.6 Å². The van der Waals surface area contributed by atoms with Gasteiger partial charge in [-0.25, -0.2) is 0 Å². The van der Waals surface area contributed by atoms with Crippen molar-refractivity contribution in [2.45, 2.75) is 58.3 Å². The van der Waals surface area contributed by atoms with E-state index < -0.39 is 5.97 Å². The molecule has 4 heteroatoms. The van der Waals surface area contributed by atoms with E-state index >= 15 is 0 Å². The maximum atomic E-state index is 10.8. The van der Waals surface area contributed by atoms with Gasteiger partial charge in [0.25, 0.3) is 0 Å². The lowest BCUT2D eigenvalue weighted by Gasteiger charge is -2.19. The Morgan fingerprint density at radius 1 is 0.964 bits per heavy atom. The van der Waals surface area contributed by atoms with Gasteiger partial charge in [-0.1, -0.05) is 52.0 Å². The zero-order valence-corrected chi connectivity index (χ0v) is 17.4. The molecule has 1 atom stereocenters. The van der Waals surface area contributed by atoms with E-state index in [2.05, 4.69) is 32.9 Å². The molecule has 0 aliphatic carbocycles. The molecule has 2 aromatic carbocycles. The third-order valence-corrected chi connectivity index (χ3v) is 4.71. The van der Waals surface area contributed by atoms with Crippen LogP contribution in [0.3, 0.4) is 0 Å². The second kappa shape index (κ2) is 10.2. The fourth-order valence-corrected chi connectivity index (χ4v) is 2.91. The summed E-state index contributed by atoms with van der Waals surface area (Å²) < 4.78 is 11.6. The number of aliphatic carboxylic acids is 1. The minimum absolute atomic E-state index is 0.000449. The van der Waals surface area contributed by atoms with E-state index in [-0.39, 0.29) is 17.8 Å².